The van der Waals surface area contributed by atoms with Gasteiger partial charge in [0.15, 0.2) is 6.10 Å². The number of fused-ring (bicyclic) bond motifs is 1. The van der Waals surface area contributed by atoms with Crippen molar-refractivity contribution in [3.8, 4) is 5.69 Å². The Labute approximate surface area is 174 Å². The van der Waals surface area contributed by atoms with Crippen LogP contribution in [0.3, 0.4) is 0 Å². The number of carboxylic acids is 1. The van der Waals surface area contributed by atoms with Gasteiger partial charge in [-0.05, 0) is 36.8 Å². The van der Waals surface area contributed by atoms with Crippen molar-refractivity contribution in [2.75, 3.05) is 6.54 Å². The van der Waals surface area contributed by atoms with E-state index >= 15 is 0 Å². The van der Waals surface area contributed by atoms with Crippen molar-refractivity contribution in [2.24, 2.45) is 5.41 Å². The molecule has 2 aromatic rings. The van der Waals surface area contributed by atoms with Crippen molar-refractivity contribution in [3.05, 3.63) is 46.7 Å². The summed E-state index contributed by atoms with van der Waals surface area (Å²) in [5, 5.41) is 14.3. The van der Waals surface area contributed by atoms with Crippen molar-refractivity contribution in [2.45, 2.75) is 51.9 Å². The molecule has 154 valence electrons. The van der Waals surface area contributed by atoms with Gasteiger partial charge < -0.3 is 14.7 Å². The third-order valence-electron chi connectivity index (χ3n) is 5.54. The van der Waals surface area contributed by atoms with E-state index in [9.17, 15) is 9.59 Å². The fourth-order valence-electron chi connectivity index (χ4n) is 4.21. The second-order valence-corrected chi connectivity index (χ2v) is 8.95. The summed E-state index contributed by atoms with van der Waals surface area (Å²) in [6.45, 7) is 5.20. The van der Waals surface area contributed by atoms with Crippen LogP contribution in [0.1, 0.15) is 37.9 Å². The van der Waals surface area contributed by atoms with Crippen LogP contribution in [0.4, 0.5) is 0 Å². The standard InChI is InChI=1S/C21H24ClN3O4/c1-21(2)9-16-13(10-23-25(16)15-6-4-3-5-14(15)22)11-24(12-21)19(26)17-7-8-18(29-17)20(27)28/h3-6,10,17-18H,7-9,11-12H2,1-2H3,(H,27,28)/t17-,18+/m0/s1. The summed E-state index contributed by atoms with van der Waals surface area (Å²) < 4.78 is 7.36. The zero-order valence-corrected chi connectivity index (χ0v) is 17.2. The van der Waals surface area contributed by atoms with Crippen molar-refractivity contribution in [1.82, 2.24) is 14.7 Å². The Morgan fingerprint density at radius 2 is 1.97 bits per heavy atom. The number of carbonyl (C=O) groups excluding carboxylic acids is 1. The summed E-state index contributed by atoms with van der Waals surface area (Å²) in [6.07, 6.45) is 1.71. The van der Waals surface area contributed by atoms with Crippen LogP contribution in [0.15, 0.2) is 30.5 Å². The highest BCUT2D eigenvalue weighted by molar-refractivity contribution is 6.32. The molecule has 2 aliphatic heterocycles. The molecule has 0 radical (unpaired) electrons. The van der Waals surface area contributed by atoms with Crippen LogP contribution in [-0.4, -0.2) is 50.4 Å². The number of carboxylic acid groups (broad SMARTS) is 1. The molecule has 3 heterocycles. The van der Waals surface area contributed by atoms with Gasteiger partial charge in [-0.3, -0.25) is 4.79 Å². The van der Waals surface area contributed by atoms with Crippen LogP contribution in [0.25, 0.3) is 5.69 Å². The highest BCUT2D eigenvalue weighted by atomic mass is 35.5. The van der Waals surface area contributed by atoms with Crippen molar-refractivity contribution < 1.29 is 19.4 Å². The van der Waals surface area contributed by atoms with Gasteiger partial charge in [0.1, 0.15) is 6.10 Å². The molecular weight excluding hydrogens is 394 g/mol. The molecule has 1 saturated heterocycles. The minimum atomic E-state index is -1.01. The lowest BCUT2D eigenvalue weighted by atomic mass is 9.87. The smallest absolute Gasteiger partial charge is 0.332 e. The lowest BCUT2D eigenvalue weighted by Gasteiger charge is -2.31. The van der Waals surface area contributed by atoms with Crippen LogP contribution >= 0.6 is 11.6 Å². The fourth-order valence-corrected chi connectivity index (χ4v) is 4.42. The van der Waals surface area contributed by atoms with E-state index in [2.05, 4.69) is 18.9 Å². The highest BCUT2D eigenvalue weighted by Crippen LogP contribution is 2.34. The first-order valence-corrected chi connectivity index (χ1v) is 10.1. The molecule has 0 spiro atoms. The average Bonchev–Trinajstić information content (AvgIpc) is 3.26. The number of amides is 1. The monoisotopic (exact) mass is 417 g/mol. The van der Waals surface area contributed by atoms with Crippen LogP contribution in [-0.2, 0) is 27.3 Å². The third kappa shape index (κ3) is 3.89. The number of rotatable bonds is 3. The van der Waals surface area contributed by atoms with Crippen molar-refractivity contribution in [3.63, 3.8) is 0 Å². The summed E-state index contributed by atoms with van der Waals surface area (Å²) in [5.74, 6) is -1.17. The van der Waals surface area contributed by atoms with Gasteiger partial charge in [-0.25, -0.2) is 9.48 Å². The van der Waals surface area contributed by atoms with E-state index in [1.165, 1.54) is 0 Å². The van der Waals surface area contributed by atoms with E-state index in [1.54, 1.807) is 11.1 Å². The van der Waals surface area contributed by atoms with Gasteiger partial charge in [0.2, 0.25) is 0 Å². The first kappa shape index (κ1) is 19.9. The van der Waals surface area contributed by atoms with Gasteiger partial charge in [-0.1, -0.05) is 37.6 Å². The predicted octanol–water partition coefficient (Wildman–Crippen LogP) is 3.07. The molecule has 2 aliphatic rings. The van der Waals surface area contributed by atoms with Gasteiger partial charge in [0.25, 0.3) is 5.91 Å². The lowest BCUT2D eigenvalue weighted by Crippen LogP contribution is -2.43. The SMILES string of the molecule is CC1(C)Cc2c(cnn2-c2ccccc2Cl)CN(C(=O)[C@@H]2CC[C@H](C(=O)O)O2)C1. The minimum absolute atomic E-state index is 0.153. The molecule has 2 atom stereocenters. The second-order valence-electron chi connectivity index (χ2n) is 8.54. The Bertz CT molecular complexity index is 955. The zero-order valence-electron chi connectivity index (χ0n) is 16.5. The quantitative estimate of drug-likeness (QED) is 0.829. The van der Waals surface area contributed by atoms with Crippen LogP contribution in [0, 0.1) is 5.41 Å². The van der Waals surface area contributed by atoms with E-state index in [0.29, 0.717) is 31.0 Å². The number of benzene rings is 1. The van der Waals surface area contributed by atoms with Crippen molar-refractivity contribution in [1.29, 1.82) is 0 Å². The zero-order chi connectivity index (χ0) is 20.8. The number of halogens is 1. The minimum Gasteiger partial charge on any atom is -0.479 e. The molecule has 7 nitrogen and oxygen atoms in total. The molecule has 0 bridgehead atoms. The Kier molecular flexibility index (Phi) is 5.12. The fraction of sp³-hybridized carbons (Fsp3) is 0.476. The molecule has 1 N–H and O–H groups in total. The molecule has 0 aliphatic carbocycles. The number of carbonyl (C=O) groups is 2. The van der Waals surface area contributed by atoms with Crippen LogP contribution < -0.4 is 0 Å². The number of hydrogen-bond donors (Lipinski definition) is 1. The topological polar surface area (TPSA) is 84.7 Å². The second kappa shape index (κ2) is 7.46. The molecular formula is C21H24ClN3O4. The first-order chi connectivity index (χ1) is 13.7. The number of nitrogens with zero attached hydrogens (tertiary/aromatic N) is 3. The number of para-hydroxylation sites is 1. The Hall–Kier alpha value is -2.38. The maximum absolute atomic E-state index is 13.1. The van der Waals surface area contributed by atoms with E-state index in [0.717, 1.165) is 23.4 Å². The first-order valence-electron chi connectivity index (χ1n) is 9.73. The summed E-state index contributed by atoms with van der Waals surface area (Å²) >= 11 is 6.38. The number of aromatic nitrogens is 2. The summed E-state index contributed by atoms with van der Waals surface area (Å²) in [6, 6.07) is 7.56. The molecule has 0 saturated carbocycles. The predicted molar refractivity (Wildman–Crippen MR) is 107 cm³/mol. The molecule has 1 aromatic heterocycles. The van der Waals surface area contributed by atoms with Crippen LogP contribution in [0.2, 0.25) is 5.02 Å². The third-order valence-corrected chi connectivity index (χ3v) is 5.86. The molecule has 8 heteroatoms. The normalized spacial score (nSPS) is 23.5. The number of hydrogen-bond acceptors (Lipinski definition) is 4. The number of ether oxygens (including phenoxy) is 1. The maximum Gasteiger partial charge on any atom is 0.332 e. The summed E-state index contributed by atoms with van der Waals surface area (Å²) in [5.41, 5.74) is 2.63. The van der Waals surface area contributed by atoms with Gasteiger partial charge in [-0.15, -0.1) is 0 Å². The van der Waals surface area contributed by atoms with E-state index in [4.69, 9.17) is 21.4 Å². The molecule has 0 unspecified atom stereocenters. The maximum atomic E-state index is 13.1. The Morgan fingerprint density at radius 1 is 1.24 bits per heavy atom. The van der Waals surface area contributed by atoms with Gasteiger partial charge in [0, 0.05) is 24.3 Å². The number of aliphatic carboxylic acids is 1. The largest absolute Gasteiger partial charge is 0.479 e. The average molecular weight is 418 g/mol. The Morgan fingerprint density at radius 3 is 2.66 bits per heavy atom. The molecule has 29 heavy (non-hydrogen) atoms. The molecule has 1 fully saturated rings. The Balaban J connectivity index is 1.63. The van der Waals surface area contributed by atoms with E-state index < -0.39 is 18.2 Å². The van der Waals surface area contributed by atoms with E-state index in [1.807, 2.05) is 28.9 Å². The van der Waals surface area contributed by atoms with E-state index in [-0.39, 0.29) is 11.3 Å². The van der Waals surface area contributed by atoms with Crippen LogP contribution in [0.5, 0.6) is 0 Å². The summed E-state index contributed by atoms with van der Waals surface area (Å²) in [4.78, 5) is 26.0. The van der Waals surface area contributed by atoms with Crippen molar-refractivity contribution >= 4 is 23.5 Å². The highest BCUT2D eigenvalue weighted by Gasteiger charge is 2.40. The van der Waals surface area contributed by atoms with Gasteiger partial charge in [0.05, 0.1) is 16.9 Å². The lowest BCUT2D eigenvalue weighted by molar-refractivity contribution is -0.155. The molecule has 1 aromatic carbocycles. The van der Waals surface area contributed by atoms with Gasteiger partial charge in [-0.2, -0.15) is 5.10 Å². The van der Waals surface area contributed by atoms with Gasteiger partial charge >= 0.3 is 5.97 Å². The molecule has 1 amide bonds. The summed E-state index contributed by atoms with van der Waals surface area (Å²) in [7, 11) is 0. The molecule has 4 rings (SSSR count).